The number of hydrogen-bond donors (Lipinski definition) is 0. The van der Waals surface area contributed by atoms with Gasteiger partial charge in [0, 0.05) is 35.3 Å². The molecule has 0 fully saturated rings. The highest BCUT2D eigenvalue weighted by Crippen LogP contribution is 2.45. The topological polar surface area (TPSA) is 0 Å². The summed E-state index contributed by atoms with van der Waals surface area (Å²) in [6.07, 6.45) is 0. The van der Waals surface area contributed by atoms with E-state index in [1.165, 1.54) is 62.2 Å². The van der Waals surface area contributed by atoms with Crippen molar-refractivity contribution in [2.75, 3.05) is 0 Å². The van der Waals surface area contributed by atoms with Crippen molar-refractivity contribution >= 4 is 74.5 Å². The van der Waals surface area contributed by atoms with Crippen LogP contribution in [0.2, 0.25) is 0 Å². The highest BCUT2D eigenvalue weighted by Gasteiger charge is 2.15. The first-order valence-electron chi connectivity index (χ1n) is 10.1. The Morgan fingerprint density at radius 3 is 2.20 bits per heavy atom. The number of fused-ring (bicyclic) bond motifs is 8. The molecule has 0 spiro atoms. The molecule has 0 aliphatic rings. The lowest BCUT2D eigenvalue weighted by atomic mass is 9.97. The summed E-state index contributed by atoms with van der Waals surface area (Å²) in [5.74, 6) is 0. The Labute approximate surface area is 181 Å². The minimum Gasteiger partial charge on any atom is -0.135 e. The van der Waals surface area contributed by atoms with Crippen LogP contribution in [-0.2, 0) is 0 Å². The average Bonchev–Trinajstić information content (AvgIpc) is 3.40. The molecule has 7 aromatic rings. The van der Waals surface area contributed by atoms with Gasteiger partial charge in [0.1, 0.15) is 0 Å². The number of thiophene rings is 2. The molecule has 0 nitrogen and oxygen atoms in total. The van der Waals surface area contributed by atoms with Crippen molar-refractivity contribution in [3.05, 3.63) is 97.1 Å². The van der Waals surface area contributed by atoms with E-state index >= 15 is 0 Å². The van der Waals surface area contributed by atoms with E-state index in [0.29, 0.717) is 0 Å². The zero-order chi connectivity index (χ0) is 19.7. The Balaban J connectivity index is 1.66. The van der Waals surface area contributed by atoms with Crippen molar-refractivity contribution in [2.24, 2.45) is 0 Å². The first kappa shape index (κ1) is 16.6. The summed E-state index contributed by atoms with van der Waals surface area (Å²) in [6, 6.07) is 35.6. The smallest absolute Gasteiger partial charge is 0.0434 e. The SMILES string of the molecule is c1ccc2sc(-c3cccc4ccc5sc6c7ccccc7ccc6c5c34)cc2c1. The van der Waals surface area contributed by atoms with Crippen molar-refractivity contribution in [3.8, 4) is 10.4 Å². The summed E-state index contributed by atoms with van der Waals surface area (Å²) in [4.78, 5) is 1.34. The molecule has 5 aromatic carbocycles. The Hall–Kier alpha value is -3.20. The molecule has 0 radical (unpaired) electrons. The van der Waals surface area contributed by atoms with Crippen molar-refractivity contribution in [1.29, 1.82) is 0 Å². The zero-order valence-electron chi connectivity index (χ0n) is 16.1. The molecular weight excluding hydrogens is 400 g/mol. The van der Waals surface area contributed by atoms with Crippen LogP contribution in [0.5, 0.6) is 0 Å². The molecule has 2 heterocycles. The van der Waals surface area contributed by atoms with E-state index in [1.807, 2.05) is 22.7 Å². The molecule has 2 aromatic heterocycles. The second kappa shape index (κ2) is 6.15. The van der Waals surface area contributed by atoms with Gasteiger partial charge in [-0.25, -0.2) is 0 Å². The molecule has 2 heteroatoms. The summed E-state index contributed by atoms with van der Waals surface area (Å²) in [5.41, 5.74) is 1.34. The largest absolute Gasteiger partial charge is 0.135 e. The van der Waals surface area contributed by atoms with Crippen LogP contribution in [0.1, 0.15) is 0 Å². The van der Waals surface area contributed by atoms with Gasteiger partial charge in [-0.1, -0.05) is 78.9 Å². The van der Waals surface area contributed by atoms with E-state index in [4.69, 9.17) is 0 Å². The third-order valence-electron chi connectivity index (χ3n) is 6.06. The molecule has 0 bridgehead atoms. The van der Waals surface area contributed by atoms with Crippen LogP contribution in [0, 0.1) is 0 Å². The Morgan fingerprint density at radius 1 is 0.467 bits per heavy atom. The van der Waals surface area contributed by atoms with Crippen LogP contribution >= 0.6 is 22.7 Å². The van der Waals surface area contributed by atoms with Gasteiger partial charge in [0.2, 0.25) is 0 Å². The molecule has 0 saturated heterocycles. The van der Waals surface area contributed by atoms with Gasteiger partial charge in [-0.2, -0.15) is 0 Å². The fourth-order valence-electron chi connectivity index (χ4n) is 4.69. The van der Waals surface area contributed by atoms with Gasteiger partial charge in [0.15, 0.2) is 0 Å². The van der Waals surface area contributed by atoms with Gasteiger partial charge in [0.25, 0.3) is 0 Å². The van der Waals surface area contributed by atoms with E-state index in [-0.39, 0.29) is 0 Å². The fourth-order valence-corrected chi connectivity index (χ4v) is 7.03. The van der Waals surface area contributed by atoms with Gasteiger partial charge in [-0.05, 0) is 45.1 Å². The standard InChI is InChI=1S/C28H16S2/c1-3-9-20-17(6-1)12-14-22-27-24(30-28(20)22)15-13-18-8-5-10-21(26(18)27)25-16-19-7-2-4-11-23(19)29-25/h1-16H. The maximum absolute atomic E-state index is 2.34. The Kier molecular flexibility index (Phi) is 3.40. The first-order valence-corrected chi connectivity index (χ1v) is 11.7. The fraction of sp³-hybridized carbons (Fsp3) is 0. The molecule has 7 rings (SSSR count). The number of benzene rings is 5. The minimum absolute atomic E-state index is 1.31. The summed E-state index contributed by atoms with van der Waals surface area (Å²) in [5, 5.41) is 9.43. The Morgan fingerprint density at radius 2 is 1.27 bits per heavy atom. The van der Waals surface area contributed by atoms with Gasteiger partial charge < -0.3 is 0 Å². The molecule has 140 valence electrons. The average molecular weight is 417 g/mol. The van der Waals surface area contributed by atoms with Crippen LogP contribution in [0.4, 0.5) is 0 Å². The quantitative estimate of drug-likeness (QED) is 0.250. The first-order chi connectivity index (χ1) is 14.9. The number of rotatable bonds is 1. The van der Waals surface area contributed by atoms with Crippen molar-refractivity contribution in [3.63, 3.8) is 0 Å². The molecule has 0 atom stereocenters. The molecular formula is C28H16S2. The highest BCUT2D eigenvalue weighted by atomic mass is 32.1. The maximum atomic E-state index is 2.34. The molecule has 0 saturated carbocycles. The molecule has 0 N–H and O–H groups in total. The maximum Gasteiger partial charge on any atom is 0.0434 e. The van der Waals surface area contributed by atoms with Crippen LogP contribution in [-0.4, -0.2) is 0 Å². The second-order valence-electron chi connectivity index (χ2n) is 7.76. The Bertz CT molecular complexity index is 1710. The minimum atomic E-state index is 1.31. The second-order valence-corrected chi connectivity index (χ2v) is 9.89. The van der Waals surface area contributed by atoms with E-state index in [0.717, 1.165) is 0 Å². The van der Waals surface area contributed by atoms with Gasteiger partial charge >= 0.3 is 0 Å². The summed E-state index contributed by atoms with van der Waals surface area (Å²) in [6.45, 7) is 0. The van der Waals surface area contributed by atoms with Gasteiger partial charge in [-0.3, -0.25) is 0 Å². The van der Waals surface area contributed by atoms with Crippen LogP contribution in [0.15, 0.2) is 97.1 Å². The van der Waals surface area contributed by atoms with E-state index < -0.39 is 0 Å². The lowest BCUT2D eigenvalue weighted by Crippen LogP contribution is -1.80. The molecule has 0 amide bonds. The van der Waals surface area contributed by atoms with Crippen molar-refractivity contribution < 1.29 is 0 Å². The summed E-state index contributed by atoms with van der Waals surface area (Å²) in [7, 11) is 0. The summed E-state index contributed by atoms with van der Waals surface area (Å²) >= 11 is 3.81. The molecule has 0 aliphatic heterocycles. The van der Waals surface area contributed by atoms with Crippen molar-refractivity contribution in [1.82, 2.24) is 0 Å². The normalized spacial score (nSPS) is 12.0. The van der Waals surface area contributed by atoms with Crippen LogP contribution in [0.3, 0.4) is 0 Å². The van der Waals surface area contributed by atoms with Crippen LogP contribution < -0.4 is 0 Å². The third kappa shape index (κ3) is 2.26. The lowest BCUT2D eigenvalue weighted by molar-refractivity contribution is 1.79. The predicted molar refractivity (Wildman–Crippen MR) is 135 cm³/mol. The number of hydrogen-bond acceptors (Lipinski definition) is 2. The van der Waals surface area contributed by atoms with Crippen molar-refractivity contribution in [2.45, 2.75) is 0 Å². The molecule has 30 heavy (non-hydrogen) atoms. The van der Waals surface area contributed by atoms with E-state index in [2.05, 4.69) is 97.1 Å². The summed E-state index contributed by atoms with van der Waals surface area (Å²) < 4.78 is 4.10. The monoisotopic (exact) mass is 416 g/mol. The van der Waals surface area contributed by atoms with Gasteiger partial charge in [-0.15, -0.1) is 22.7 Å². The highest BCUT2D eigenvalue weighted by molar-refractivity contribution is 7.27. The third-order valence-corrected chi connectivity index (χ3v) is 8.41. The zero-order valence-corrected chi connectivity index (χ0v) is 17.7. The van der Waals surface area contributed by atoms with E-state index in [1.54, 1.807) is 0 Å². The van der Waals surface area contributed by atoms with Gasteiger partial charge in [0.05, 0.1) is 0 Å². The molecule has 0 aliphatic carbocycles. The molecule has 0 unspecified atom stereocenters. The van der Waals surface area contributed by atoms with Crippen LogP contribution in [0.25, 0.3) is 62.2 Å². The lowest BCUT2D eigenvalue weighted by Gasteiger charge is -2.07. The predicted octanol–water partition coefficient (Wildman–Crippen LogP) is 9.24. The van der Waals surface area contributed by atoms with E-state index in [9.17, 15) is 0 Å².